The van der Waals surface area contributed by atoms with Crippen molar-refractivity contribution in [3.63, 3.8) is 0 Å². The van der Waals surface area contributed by atoms with Crippen molar-refractivity contribution in [3.05, 3.63) is 78.0 Å². The topological polar surface area (TPSA) is 54.5 Å². The van der Waals surface area contributed by atoms with Gasteiger partial charge in [-0.25, -0.2) is 9.37 Å². The Morgan fingerprint density at radius 1 is 1.06 bits per heavy atom. The Morgan fingerprint density at radius 3 is 2.45 bits per heavy atom. The Morgan fingerprint density at radius 2 is 1.81 bits per heavy atom. The largest absolute Gasteiger partial charge is 0.372 e. The van der Waals surface area contributed by atoms with Crippen LogP contribution in [0, 0.1) is 0 Å². The smallest absolute Gasteiger partial charge is 0.256 e. The fraction of sp³-hybridized carbons (Fsp3) is 0.280. The van der Waals surface area contributed by atoms with Crippen molar-refractivity contribution < 1.29 is 13.9 Å². The molecule has 0 radical (unpaired) electrons. The summed E-state index contributed by atoms with van der Waals surface area (Å²) in [6.45, 7) is 4.91. The maximum absolute atomic E-state index is 13.9. The number of rotatable bonds is 5. The number of morpholine rings is 1. The first-order valence-electron chi connectivity index (χ1n) is 10.5. The lowest BCUT2D eigenvalue weighted by Gasteiger charge is -2.36. The van der Waals surface area contributed by atoms with Gasteiger partial charge < -0.3 is 15.0 Å². The number of nitrogens with zero attached hydrogens (tertiary/aromatic N) is 2. The average molecular weight is 420 g/mol. The summed E-state index contributed by atoms with van der Waals surface area (Å²) in [6, 6.07) is 18.5. The number of carbonyl (C=O) groups is 1. The number of alkyl halides is 1. The quantitative estimate of drug-likeness (QED) is 0.626. The molecule has 0 saturated carbocycles. The maximum atomic E-state index is 13.9. The van der Waals surface area contributed by atoms with Gasteiger partial charge in [-0.3, -0.25) is 4.79 Å². The van der Waals surface area contributed by atoms with Gasteiger partial charge in [-0.15, -0.1) is 0 Å². The number of halogens is 1. The molecule has 1 fully saturated rings. The lowest BCUT2D eigenvalue weighted by molar-refractivity contribution is -0.00545. The molecule has 1 aliphatic rings. The lowest BCUT2D eigenvalue weighted by Crippen LogP contribution is -2.45. The van der Waals surface area contributed by atoms with Gasteiger partial charge >= 0.3 is 0 Å². The van der Waals surface area contributed by atoms with Crippen LogP contribution in [0.2, 0.25) is 0 Å². The Bertz CT molecular complexity index is 1030. The minimum absolute atomic E-state index is 0.140. The van der Waals surface area contributed by atoms with Crippen LogP contribution in [-0.4, -0.2) is 36.2 Å². The van der Waals surface area contributed by atoms with Crippen molar-refractivity contribution in [2.75, 3.05) is 23.3 Å². The van der Waals surface area contributed by atoms with Crippen molar-refractivity contribution in [2.24, 2.45) is 0 Å². The van der Waals surface area contributed by atoms with Gasteiger partial charge in [0.15, 0.2) is 0 Å². The predicted octanol–water partition coefficient (Wildman–Crippen LogP) is 5.08. The van der Waals surface area contributed by atoms with Crippen molar-refractivity contribution in [1.29, 1.82) is 0 Å². The highest BCUT2D eigenvalue weighted by Crippen LogP contribution is 2.28. The molecule has 2 aromatic carbocycles. The van der Waals surface area contributed by atoms with Crippen molar-refractivity contribution in [2.45, 2.75) is 32.7 Å². The van der Waals surface area contributed by atoms with Gasteiger partial charge in [-0.05, 0) is 43.2 Å². The summed E-state index contributed by atoms with van der Waals surface area (Å²) in [5.74, 6) is 0.490. The Hall–Kier alpha value is -3.25. The van der Waals surface area contributed by atoms with Gasteiger partial charge in [0.05, 0.1) is 24.1 Å². The van der Waals surface area contributed by atoms with E-state index in [4.69, 9.17) is 4.74 Å². The molecule has 160 valence electrons. The molecule has 4 rings (SSSR count). The van der Waals surface area contributed by atoms with Crippen molar-refractivity contribution in [1.82, 2.24) is 4.98 Å². The van der Waals surface area contributed by atoms with Crippen molar-refractivity contribution >= 4 is 17.4 Å². The van der Waals surface area contributed by atoms with Crippen LogP contribution < -0.4 is 10.2 Å². The number of hydrogen-bond acceptors (Lipinski definition) is 4. The number of pyridine rings is 1. The summed E-state index contributed by atoms with van der Waals surface area (Å²) in [4.78, 5) is 19.6. The van der Waals surface area contributed by atoms with E-state index in [1.54, 1.807) is 18.3 Å². The molecule has 1 saturated heterocycles. The van der Waals surface area contributed by atoms with Crippen LogP contribution in [0.3, 0.4) is 0 Å². The second kappa shape index (κ2) is 9.27. The number of benzene rings is 2. The number of hydrogen-bond donors (Lipinski definition) is 1. The van der Waals surface area contributed by atoms with E-state index >= 15 is 0 Å². The fourth-order valence-electron chi connectivity index (χ4n) is 4.04. The first-order valence-corrected chi connectivity index (χ1v) is 10.5. The number of anilines is 2. The third-order valence-corrected chi connectivity index (χ3v) is 5.39. The zero-order valence-electron chi connectivity index (χ0n) is 17.7. The van der Waals surface area contributed by atoms with Crippen LogP contribution in [0.5, 0.6) is 0 Å². The first kappa shape index (κ1) is 21.0. The van der Waals surface area contributed by atoms with Crippen LogP contribution >= 0.6 is 0 Å². The van der Waals surface area contributed by atoms with E-state index in [9.17, 15) is 9.18 Å². The van der Waals surface area contributed by atoms with E-state index in [1.807, 2.05) is 62.4 Å². The molecule has 6 heteroatoms. The number of ether oxygens (including phenoxy) is 1. The molecule has 2 heterocycles. The average Bonchev–Trinajstić information content (AvgIpc) is 2.79. The number of amides is 1. The van der Waals surface area contributed by atoms with Crippen LogP contribution in [0.25, 0.3) is 11.1 Å². The first-order chi connectivity index (χ1) is 15.0. The minimum atomic E-state index is -0.724. The third-order valence-electron chi connectivity index (χ3n) is 5.39. The predicted molar refractivity (Wildman–Crippen MR) is 121 cm³/mol. The summed E-state index contributed by atoms with van der Waals surface area (Å²) >= 11 is 0. The molecule has 1 aliphatic heterocycles. The zero-order chi connectivity index (χ0) is 21.8. The van der Waals surface area contributed by atoms with E-state index < -0.39 is 6.67 Å². The third kappa shape index (κ3) is 4.75. The SMILES string of the molecule is CC1CN(c2ccc(NC(=O)c3cccc(-c4ccccc4)c3CF)cn2)CC(C)O1. The zero-order valence-corrected chi connectivity index (χ0v) is 17.7. The Kier molecular flexibility index (Phi) is 6.28. The summed E-state index contributed by atoms with van der Waals surface area (Å²) in [6.07, 6.45) is 1.91. The minimum Gasteiger partial charge on any atom is -0.372 e. The summed E-state index contributed by atoms with van der Waals surface area (Å²) in [5.41, 5.74) is 2.87. The van der Waals surface area contributed by atoms with E-state index in [0.717, 1.165) is 30.0 Å². The van der Waals surface area contributed by atoms with Gasteiger partial charge in [0.25, 0.3) is 5.91 Å². The molecule has 2 unspecified atom stereocenters. The van der Waals surface area contributed by atoms with E-state index in [2.05, 4.69) is 15.2 Å². The second-order valence-electron chi connectivity index (χ2n) is 7.85. The molecule has 2 atom stereocenters. The van der Waals surface area contributed by atoms with E-state index in [0.29, 0.717) is 16.8 Å². The van der Waals surface area contributed by atoms with Crippen LogP contribution in [0.15, 0.2) is 66.9 Å². The molecule has 31 heavy (non-hydrogen) atoms. The molecule has 1 amide bonds. The normalized spacial score (nSPS) is 18.6. The summed E-state index contributed by atoms with van der Waals surface area (Å²) < 4.78 is 19.7. The van der Waals surface area contributed by atoms with Gasteiger partial charge in [0, 0.05) is 24.2 Å². The molecule has 1 N–H and O–H groups in total. The highest BCUT2D eigenvalue weighted by molar-refractivity contribution is 6.06. The molecular formula is C25H26FN3O2. The Balaban J connectivity index is 1.52. The number of nitrogens with one attached hydrogen (secondary N) is 1. The van der Waals surface area contributed by atoms with E-state index in [-0.39, 0.29) is 18.1 Å². The molecule has 3 aromatic rings. The molecule has 5 nitrogen and oxygen atoms in total. The highest BCUT2D eigenvalue weighted by atomic mass is 19.1. The van der Waals surface area contributed by atoms with Gasteiger partial charge in [0.2, 0.25) is 0 Å². The summed E-state index contributed by atoms with van der Waals surface area (Å²) in [7, 11) is 0. The van der Waals surface area contributed by atoms with Gasteiger partial charge in [-0.1, -0.05) is 42.5 Å². The van der Waals surface area contributed by atoms with Crippen LogP contribution in [-0.2, 0) is 11.4 Å². The number of carbonyl (C=O) groups excluding carboxylic acids is 1. The maximum Gasteiger partial charge on any atom is 0.256 e. The lowest BCUT2D eigenvalue weighted by atomic mass is 9.95. The van der Waals surface area contributed by atoms with Crippen molar-refractivity contribution in [3.8, 4) is 11.1 Å². The standard InChI is InChI=1S/C25H26FN3O2/c1-17-15-29(16-18(2)31-17)24-12-11-20(14-27-24)28-25(30)22-10-6-9-21(23(22)13-26)19-7-4-3-5-8-19/h3-12,14,17-18H,13,15-16H2,1-2H3,(H,28,30). The van der Waals surface area contributed by atoms with E-state index in [1.165, 1.54) is 0 Å². The molecule has 1 aromatic heterocycles. The second-order valence-corrected chi connectivity index (χ2v) is 7.85. The van der Waals surface area contributed by atoms with Crippen LogP contribution in [0.4, 0.5) is 15.9 Å². The monoisotopic (exact) mass is 419 g/mol. The highest BCUT2D eigenvalue weighted by Gasteiger charge is 2.23. The molecule has 0 aliphatic carbocycles. The molecule has 0 bridgehead atoms. The van der Waals surface area contributed by atoms with Gasteiger partial charge in [-0.2, -0.15) is 0 Å². The molecular weight excluding hydrogens is 393 g/mol. The van der Waals surface area contributed by atoms with Crippen LogP contribution in [0.1, 0.15) is 29.8 Å². The summed E-state index contributed by atoms with van der Waals surface area (Å²) in [5, 5.41) is 2.85. The Labute approximate surface area is 181 Å². The molecule has 0 spiro atoms. The number of aromatic nitrogens is 1. The fourth-order valence-corrected chi connectivity index (χ4v) is 4.04. The van der Waals surface area contributed by atoms with Gasteiger partial charge in [0.1, 0.15) is 12.5 Å².